The quantitative estimate of drug-likeness (QED) is 0.604. The van der Waals surface area contributed by atoms with Gasteiger partial charge in [-0.2, -0.15) is 0 Å². The highest BCUT2D eigenvalue weighted by Gasteiger charge is 2.13. The summed E-state index contributed by atoms with van der Waals surface area (Å²) in [6.07, 6.45) is 2.26. The summed E-state index contributed by atoms with van der Waals surface area (Å²) in [5.41, 5.74) is 0.0276. The number of aliphatic carboxylic acids is 1. The summed E-state index contributed by atoms with van der Waals surface area (Å²) in [5, 5.41) is 9.31. The second-order valence-corrected chi connectivity index (χ2v) is 4.03. The van der Waals surface area contributed by atoms with Gasteiger partial charge in [-0.05, 0) is 6.08 Å². The number of carbonyl (C=O) groups is 1. The van der Waals surface area contributed by atoms with Gasteiger partial charge in [0.15, 0.2) is 9.84 Å². The third kappa shape index (κ3) is 1.91. The molecule has 0 radical (unpaired) electrons. The fraction of sp³-hybridized carbons (Fsp3) is 0.167. The van der Waals surface area contributed by atoms with Gasteiger partial charge in [0, 0.05) is 5.41 Å². The lowest BCUT2D eigenvalue weighted by Gasteiger charge is -2.01. The van der Waals surface area contributed by atoms with Crippen LogP contribution in [0.3, 0.4) is 0 Å². The van der Waals surface area contributed by atoms with Crippen LogP contribution in [0.15, 0.2) is 23.1 Å². The van der Waals surface area contributed by atoms with E-state index in [-0.39, 0.29) is 11.3 Å². The third-order valence-electron chi connectivity index (χ3n) is 1.24. The normalized spacial score (nSPS) is 20.9. The highest BCUT2D eigenvalue weighted by molar-refractivity contribution is 7.94. The van der Waals surface area contributed by atoms with Crippen molar-refractivity contribution in [1.82, 2.24) is 0 Å². The molecule has 0 bridgehead atoms. The predicted octanol–water partition coefficient (Wildman–Crippen LogP) is -0.0605. The summed E-state index contributed by atoms with van der Waals surface area (Å²) >= 11 is 0. The van der Waals surface area contributed by atoms with Crippen molar-refractivity contribution < 1.29 is 18.3 Å². The van der Waals surface area contributed by atoms with Crippen LogP contribution >= 0.6 is 0 Å². The number of carboxylic acids is 1. The van der Waals surface area contributed by atoms with Gasteiger partial charge in [-0.15, -0.1) is 0 Å². The SMILES string of the molecule is O=C(O)C1=CCS(=O)(=O)C=C1. The molecule has 0 aromatic carbocycles. The zero-order chi connectivity index (χ0) is 8.48. The second-order valence-electron chi connectivity index (χ2n) is 2.10. The first-order chi connectivity index (χ1) is 5.01. The lowest BCUT2D eigenvalue weighted by molar-refractivity contribution is -0.132. The molecule has 0 atom stereocenters. The molecular formula is C6H6O4S. The number of rotatable bonds is 1. The summed E-state index contributed by atoms with van der Waals surface area (Å²) in [6.45, 7) is 0. The van der Waals surface area contributed by atoms with Crippen LogP contribution in [-0.4, -0.2) is 25.2 Å². The molecule has 0 fully saturated rings. The van der Waals surface area contributed by atoms with Gasteiger partial charge >= 0.3 is 5.97 Å². The molecular weight excluding hydrogens is 168 g/mol. The van der Waals surface area contributed by atoms with Crippen molar-refractivity contribution in [3.63, 3.8) is 0 Å². The van der Waals surface area contributed by atoms with Crippen LogP contribution in [0.1, 0.15) is 0 Å². The Kier molecular flexibility index (Phi) is 1.82. The maximum Gasteiger partial charge on any atom is 0.335 e. The highest BCUT2D eigenvalue weighted by Crippen LogP contribution is 2.08. The van der Waals surface area contributed by atoms with Crippen LogP contribution in [0.4, 0.5) is 0 Å². The number of hydrogen-bond acceptors (Lipinski definition) is 3. The van der Waals surface area contributed by atoms with Crippen LogP contribution < -0.4 is 0 Å². The van der Waals surface area contributed by atoms with Crippen molar-refractivity contribution in [3.8, 4) is 0 Å². The van der Waals surface area contributed by atoms with E-state index in [4.69, 9.17) is 5.11 Å². The average molecular weight is 174 g/mol. The summed E-state index contributed by atoms with van der Waals surface area (Å²) in [4.78, 5) is 10.3. The molecule has 0 spiro atoms. The summed E-state index contributed by atoms with van der Waals surface area (Å²) in [7, 11) is -3.17. The van der Waals surface area contributed by atoms with Crippen molar-refractivity contribution in [1.29, 1.82) is 0 Å². The van der Waals surface area contributed by atoms with Gasteiger partial charge in [0.2, 0.25) is 0 Å². The topological polar surface area (TPSA) is 71.4 Å². The molecule has 0 unspecified atom stereocenters. The molecule has 0 saturated carbocycles. The minimum atomic E-state index is -3.17. The van der Waals surface area contributed by atoms with Crippen molar-refractivity contribution in [2.24, 2.45) is 0 Å². The molecule has 60 valence electrons. The molecule has 11 heavy (non-hydrogen) atoms. The lowest BCUT2D eigenvalue weighted by Crippen LogP contribution is -2.08. The third-order valence-corrected chi connectivity index (χ3v) is 2.42. The van der Waals surface area contributed by atoms with E-state index in [1.807, 2.05) is 0 Å². The molecule has 0 aromatic rings. The molecule has 0 aromatic heterocycles. The summed E-state index contributed by atoms with van der Waals surface area (Å²) < 4.78 is 21.4. The molecule has 1 N–H and O–H groups in total. The Morgan fingerprint density at radius 3 is 2.55 bits per heavy atom. The Balaban J connectivity index is 2.92. The van der Waals surface area contributed by atoms with Crippen LogP contribution in [0, 0.1) is 0 Å². The van der Waals surface area contributed by atoms with Crippen LogP contribution in [0.25, 0.3) is 0 Å². The molecule has 4 nitrogen and oxygen atoms in total. The molecule has 1 aliphatic rings. The van der Waals surface area contributed by atoms with Gasteiger partial charge in [-0.3, -0.25) is 0 Å². The van der Waals surface area contributed by atoms with Gasteiger partial charge in [-0.25, -0.2) is 13.2 Å². The minimum Gasteiger partial charge on any atom is -0.478 e. The van der Waals surface area contributed by atoms with Crippen LogP contribution in [-0.2, 0) is 14.6 Å². The Morgan fingerprint density at radius 2 is 2.18 bits per heavy atom. The van der Waals surface area contributed by atoms with Gasteiger partial charge in [0.25, 0.3) is 0 Å². The van der Waals surface area contributed by atoms with Crippen molar-refractivity contribution in [2.45, 2.75) is 0 Å². The lowest BCUT2D eigenvalue weighted by atomic mass is 10.2. The largest absolute Gasteiger partial charge is 0.478 e. The average Bonchev–Trinajstić information content (AvgIpc) is 1.86. The molecule has 0 aliphatic carbocycles. The van der Waals surface area contributed by atoms with E-state index in [0.29, 0.717) is 0 Å². The Hall–Kier alpha value is -1.10. The first kappa shape index (κ1) is 8.00. The summed E-state index contributed by atoms with van der Waals surface area (Å²) in [5.74, 6) is -1.32. The molecule has 1 heterocycles. The van der Waals surface area contributed by atoms with E-state index < -0.39 is 15.8 Å². The van der Waals surface area contributed by atoms with Gasteiger partial charge in [-0.1, -0.05) is 6.08 Å². The Morgan fingerprint density at radius 1 is 1.55 bits per heavy atom. The summed E-state index contributed by atoms with van der Waals surface area (Å²) in [6, 6.07) is 0. The maximum absolute atomic E-state index is 10.7. The van der Waals surface area contributed by atoms with E-state index in [1.54, 1.807) is 0 Å². The van der Waals surface area contributed by atoms with E-state index in [0.717, 1.165) is 11.5 Å². The van der Waals surface area contributed by atoms with E-state index in [1.165, 1.54) is 6.08 Å². The van der Waals surface area contributed by atoms with Gasteiger partial charge < -0.3 is 5.11 Å². The second kappa shape index (κ2) is 2.50. The highest BCUT2D eigenvalue weighted by atomic mass is 32.2. The smallest absolute Gasteiger partial charge is 0.335 e. The Bertz CT molecular complexity index is 334. The monoisotopic (exact) mass is 174 g/mol. The van der Waals surface area contributed by atoms with E-state index in [9.17, 15) is 13.2 Å². The van der Waals surface area contributed by atoms with Crippen molar-refractivity contribution in [3.05, 3.63) is 23.1 Å². The number of hydrogen-bond donors (Lipinski definition) is 1. The molecule has 1 aliphatic heterocycles. The number of carboxylic acid groups (broad SMARTS) is 1. The molecule has 5 heteroatoms. The fourth-order valence-corrected chi connectivity index (χ4v) is 1.54. The van der Waals surface area contributed by atoms with Crippen molar-refractivity contribution in [2.75, 3.05) is 5.75 Å². The first-order valence-electron chi connectivity index (χ1n) is 2.85. The number of sulfone groups is 1. The van der Waals surface area contributed by atoms with E-state index in [2.05, 4.69) is 0 Å². The minimum absolute atomic E-state index is 0.0276. The van der Waals surface area contributed by atoms with Gasteiger partial charge in [0.1, 0.15) is 0 Å². The van der Waals surface area contributed by atoms with Crippen LogP contribution in [0.5, 0.6) is 0 Å². The zero-order valence-electron chi connectivity index (χ0n) is 5.52. The van der Waals surface area contributed by atoms with Crippen LogP contribution in [0.2, 0.25) is 0 Å². The maximum atomic E-state index is 10.7. The first-order valence-corrected chi connectivity index (χ1v) is 4.57. The molecule has 1 rings (SSSR count). The predicted molar refractivity (Wildman–Crippen MR) is 38.6 cm³/mol. The Labute approximate surface area is 63.8 Å². The molecule has 0 saturated heterocycles. The molecule has 0 amide bonds. The zero-order valence-corrected chi connectivity index (χ0v) is 6.34. The fourth-order valence-electron chi connectivity index (χ4n) is 0.665. The standard InChI is InChI=1S/C6H6O4S/c7-6(8)5-1-3-11(9,10)4-2-5/h1-3H,4H2,(H,7,8). The van der Waals surface area contributed by atoms with E-state index >= 15 is 0 Å². The van der Waals surface area contributed by atoms with Gasteiger partial charge in [0.05, 0.1) is 11.3 Å². The van der Waals surface area contributed by atoms with Crippen molar-refractivity contribution >= 4 is 15.8 Å².